The molecule has 3 aromatic rings. The highest BCUT2D eigenvalue weighted by atomic mass is 32.1. The van der Waals surface area contributed by atoms with Crippen LogP contribution in [0.1, 0.15) is 4.88 Å². The molecule has 0 aliphatic carbocycles. The Hall–Kier alpha value is -3.32. The molecule has 0 aliphatic rings. The number of aliphatic carboxylic acids is 1. The Kier molecular flexibility index (Phi) is 6.64. The Morgan fingerprint density at radius 3 is 2.64 bits per heavy atom. The number of fused-ring (bicyclic) bond motifs is 1. The number of hydrogen-bond acceptors (Lipinski definition) is 6. The number of hydrogen-bond donors (Lipinski definition) is 1. The van der Waals surface area contributed by atoms with Gasteiger partial charge in [0.15, 0.2) is 5.06 Å². The monoisotopic (exact) mass is 397 g/mol. The smallest absolute Gasteiger partial charge is 0.359 e. The van der Waals surface area contributed by atoms with Crippen LogP contribution in [0.25, 0.3) is 10.8 Å². The van der Waals surface area contributed by atoms with Crippen molar-refractivity contribution in [1.29, 1.82) is 0 Å². The first-order chi connectivity index (χ1) is 13.7. The zero-order chi connectivity index (χ0) is 19.8. The topological polar surface area (TPSA) is 77.4 Å². The van der Waals surface area contributed by atoms with Crippen molar-refractivity contribution in [3.63, 3.8) is 0 Å². The highest BCUT2D eigenvalue weighted by molar-refractivity contribution is 7.16. The van der Waals surface area contributed by atoms with Gasteiger partial charge in [-0.3, -0.25) is 0 Å². The Balaban J connectivity index is 1.52. The molecule has 0 fully saturated rings. The summed E-state index contributed by atoms with van der Waals surface area (Å²) in [5.74, 6) is -0.397. The Morgan fingerprint density at radius 2 is 1.86 bits per heavy atom. The summed E-state index contributed by atoms with van der Waals surface area (Å²) >= 11 is 1.18. The fourth-order valence-corrected chi connectivity index (χ4v) is 3.28. The minimum Gasteiger partial charge on any atom is -0.490 e. The van der Waals surface area contributed by atoms with Crippen molar-refractivity contribution >= 4 is 33.8 Å². The maximum Gasteiger partial charge on any atom is 0.359 e. The van der Waals surface area contributed by atoms with Gasteiger partial charge in [-0.15, -0.1) is 0 Å². The maximum atomic E-state index is 11.3. The number of carboxylic acid groups (broad SMARTS) is 1. The molecule has 2 aromatic carbocycles. The normalized spacial score (nSPS) is 11.2. The molecular weight excluding hydrogens is 378 g/mol. The fourth-order valence-electron chi connectivity index (χ4n) is 2.43. The molecule has 0 saturated heterocycles. The van der Waals surface area contributed by atoms with Gasteiger partial charge in [-0.05, 0) is 35.0 Å². The predicted octanol–water partition coefficient (Wildman–Crippen LogP) is 4.35. The Labute approximate surface area is 166 Å². The number of nitrogens with zero attached hydrogens (tertiary/aromatic N) is 1. The molecule has 0 radical (unpaired) electrons. The first-order valence-corrected chi connectivity index (χ1v) is 9.38. The van der Waals surface area contributed by atoms with Crippen LogP contribution in [0.4, 0.5) is 0 Å². The minimum atomic E-state index is -1.17. The lowest BCUT2D eigenvalue weighted by molar-refractivity contribution is -0.129. The van der Waals surface area contributed by atoms with Crippen molar-refractivity contribution in [1.82, 2.24) is 0 Å². The van der Waals surface area contributed by atoms with Gasteiger partial charge in [0.2, 0.25) is 5.71 Å². The van der Waals surface area contributed by atoms with Gasteiger partial charge in [-0.2, -0.15) is 0 Å². The maximum absolute atomic E-state index is 11.3. The molecule has 0 saturated carbocycles. The summed E-state index contributed by atoms with van der Waals surface area (Å²) in [6, 6.07) is 17.3. The highest BCUT2D eigenvalue weighted by Crippen LogP contribution is 2.25. The SMILES string of the molecule is C=CCON=C(C(=O)O)c1ccc(OCCOc2ccc3ccccc3c2)s1. The van der Waals surface area contributed by atoms with Crippen molar-refractivity contribution in [2.24, 2.45) is 5.16 Å². The molecule has 0 spiro atoms. The zero-order valence-electron chi connectivity index (χ0n) is 15.0. The van der Waals surface area contributed by atoms with Crippen molar-refractivity contribution in [2.45, 2.75) is 0 Å². The second kappa shape index (κ2) is 9.57. The van der Waals surface area contributed by atoms with Crippen LogP contribution in [-0.2, 0) is 9.63 Å². The number of thiophene rings is 1. The van der Waals surface area contributed by atoms with E-state index >= 15 is 0 Å². The fraction of sp³-hybridized carbons (Fsp3) is 0.143. The molecule has 28 heavy (non-hydrogen) atoms. The van der Waals surface area contributed by atoms with E-state index in [1.165, 1.54) is 17.4 Å². The third-order valence-corrected chi connectivity index (χ3v) is 4.69. The van der Waals surface area contributed by atoms with E-state index in [0.717, 1.165) is 16.5 Å². The first kappa shape index (κ1) is 19.4. The number of oxime groups is 1. The lowest BCUT2D eigenvalue weighted by Crippen LogP contribution is -2.13. The van der Waals surface area contributed by atoms with E-state index in [2.05, 4.69) is 11.7 Å². The summed E-state index contributed by atoms with van der Waals surface area (Å²) in [5, 5.41) is 15.7. The molecule has 0 unspecified atom stereocenters. The molecule has 1 N–H and O–H groups in total. The van der Waals surface area contributed by atoms with Gasteiger partial charge >= 0.3 is 5.97 Å². The summed E-state index contributed by atoms with van der Waals surface area (Å²) in [6.07, 6.45) is 1.49. The van der Waals surface area contributed by atoms with E-state index in [1.807, 2.05) is 42.5 Å². The molecule has 0 atom stereocenters. The van der Waals surface area contributed by atoms with Gasteiger partial charge in [0.05, 0.1) is 4.88 Å². The number of carbonyl (C=O) groups is 1. The predicted molar refractivity (Wildman–Crippen MR) is 110 cm³/mol. The van der Waals surface area contributed by atoms with Crippen LogP contribution in [0, 0.1) is 0 Å². The van der Waals surface area contributed by atoms with Gasteiger partial charge in [0, 0.05) is 0 Å². The molecule has 0 bridgehead atoms. The van der Waals surface area contributed by atoms with E-state index in [4.69, 9.17) is 14.3 Å². The minimum absolute atomic E-state index is 0.137. The molecule has 144 valence electrons. The Morgan fingerprint density at radius 1 is 1.07 bits per heavy atom. The standard InChI is InChI=1S/C21H19NO5S/c1-2-11-27-22-20(21(23)24)18-9-10-19(28-18)26-13-12-25-17-8-7-15-5-3-4-6-16(15)14-17/h2-10,14H,1,11-13H2,(H,23,24). The van der Waals surface area contributed by atoms with Crippen LogP contribution in [-0.4, -0.2) is 36.6 Å². The van der Waals surface area contributed by atoms with Crippen molar-refractivity contribution in [3.8, 4) is 10.8 Å². The molecule has 1 heterocycles. The first-order valence-electron chi connectivity index (χ1n) is 8.56. The van der Waals surface area contributed by atoms with Crippen molar-refractivity contribution < 1.29 is 24.2 Å². The summed E-state index contributed by atoms with van der Waals surface area (Å²) in [6.45, 7) is 4.32. The quantitative estimate of drug-likeness (QED) is 0.238. The lowest BCUT2D eigenvalue weighted by atomic mass is 10.1. The van der Waals surface area contributed by atoms with Crippen LogP contribution >= 0.6 is 11.3 Å². The molecule has 0 aliphatic heterocycles. The number of benzene rings is 2. The second-order valence-corrected chi connectivity index (χ2v) is 6.70. The lowest BCUT2D eigenvalue weighted by Gasteiger charge is -2.08. The summed E-state index contributed by atoms with van der Waals surface area (Å²) in [4.78, 5) is 16.7. The van der Waals surface area contributed by atoms with Crippen LogP contribution in [0.3, 0.4) is 0 Å². The number of rotatable bonds is 10. The summed E-state index contributed by atoms with van der Waals surface area (Å²) < 4.78 is 11.4. The van der Waals surface area contributed by atoms with Gasteiger partial charge < -0.3 is 19.4 Å². The van der Waals surface area contributed by atoms with E-state index in [9.17, 15) is 9.90 Å². The molecular formula is C21H19NO5S. The van der Waals surface area contributed by atoms with Crippen LogP contribution in [0.15, 0.2) is 72.4 Å². The molecule has 1 aromatic heterocycles. The van der Waals surface area contributed by atoms with Crippen LogP contribution in [0.2, 0.25) is 0 Å². The average Bonchev–Trinajstić information content (AvgIpc) is 3.16. The van der Waals surface area contributed by atoms with Gasteiger partial charge in [-0.25, -0.2) is 4.79 Å². The molecule has 7 heteroatoms. The van der Waals surface area contributed by atoms with E-state index < -0.39 is 5.97 Å². The number of ether oxygens (including phenoxy) is 2. The van der Waals surface area contributed by atoms with E-state index in [0.29, 0.717) is 23.2 Å². The third-order valence-electron chi connectivity index (χ3n) is 3.68. The van der Waals surface area contributed by atoms with Gasteiger partial charge in [0.25, 0.3) is 0 Å². The molecule has 6 nitrogen and oxygen atoms in total. The van der Waals surface area contributed by atoms with Crippen molar-refractivity contribution in [3.05, 3.63) is 72.1 Å². The highest BCUT2D eigenvalue weighted by Gasteiger charge is 2.16. The largest absolute Gasteiger partial charge is 0.490 e. The molecule has 0 amide bonds. The van der Waals surface area contributed by atoms with E-state index in [-0.39, 0.29) is 12.3 Å². The summed E-state index contributed by atoms with van der Waals surface area (Å²) in [5.41, 5.74) is -0.172. The zero-order valence-corrected chi connectivity index (χ0v) is 15.9. The Bertz CT molecular complexity index is 995. The average molecular weight is 397 g/mol. The van der Waals surface area contributed by atoms with Crippen LogP contribution < -0.4 is 9.47 Å². The van der Waals surface area contributed by atoms with E-state index in [1.54, 1.807) is 12.1 Å². The summed E-state index contributed by atoms with van der Waals surface area (Å²) in [7, 11) is 0. The van der Waals surface area contributed by atoms with Gasteiger partial charge in [-0.1, -0.05) is 59.5 Å². The van der Waals surface area contributed by atoms with Crippen molar-refractivity contribution in [2.75, 3.05) is 19.8 Å². The third kappa shape index (κ3) is 5.11. The van der Waals surface area contributed by atoms with Gasteiger partial charge in [0.1, 0.15) is 25.6 Å². The second-order valence-electron chi connectivity index (χ2n) is 5.65. The van der Waals surface area contributed by atoms with Crippen LogP contribution in [0.5, 0.6) is 10.8 Å². The molecule has 3 rings (SSSR count). The number of carboxylic acids is 1.